The molecule has 2 atom stereocenters. The largest absolute Gasteiger partial charge is 0.383 e. The number of nitrogens with two attached hydrogens (primary N) is 1. The highest BCUT2D eigenvalue weighted by Crippen LogP contribution is 2.08. The van der Waals surface area contributed by atoms with Crippen molar-refractivity contribution in [3.8, 4) is 0 Å². The number of hydrogen-bond acceptors (Lipinski definition) is 3. The number of nitrogens with one attached hydrogen (secondary N) is 1. The molecule has 0 bridgehead atoms. The molecule has 0 aliphatic heterocycles. The summed E-state index contributed by atoms with van der Waals surface area (Å²) in [7, 11) is 0. The number of benzene rings is 1. The third kappa shape index (κ3) is 5.95. The molecule has 1 rings (SSSR count). The van der Waals surface area contributed by atoms with Gasteiger partial charge in [0.1, 0.15) is 12.1 Å². The van der Waals surface area contributed by atoms with Gasteiger partial charge in [-0.3, -0.25) is 9.59 Å². The summed E-state index contributed by atoms with van der Waals surface area (Å²) < 4.78 is 0. The molecule has 5 heteroatoms. The highest BCUT2D eigenvalue weighted by atomic mass is 16.3. The van der Waals surface area contributed by atoms with Crippen LogP contribution in [0.1, 0.15) is 31.4 Å². The Morgan fingerprint density at radius 2 is 2.00 bits per heavy atom. The number of aliphatic hydroxyl groups excluding tert-OH is 1. The molecule has 4 N–H and O–H groups in total. The maximum Gasteiger partial charge on any atom is 0.249 e. The van der Waals surface area contributed by atoms with Gasteiger partial charge in [-0.05, 0) is 24.8 Å². The Bertz CT molecular complexity index is 500. The lowest BCUT2D eigenvalue weighted by Gasteiger charge is -2.19. The van der Waals surface area contributed by atoms with E-state index in [1.54, 1.807) is 0 Å². The molecule has 21 heavy (non-hydrogen) atoms. The van der Waals surface area contributed by atoms with Gasteiger partial charge in [-0.25, -0.2) is 0 Å². The Morgan fingerprint density at radius 3 is 2.52 bits per heavy atom. The Kier molecular flexibility index (Phi) is 6.37. The summed E-state index contributed by atoms with van der Waals surface area (Å²) in [5.74, 6) is -0.976. The molecule has 2 amide bonds. The van der Waals surface area contributed by atoms with E-state index in [0.717, 1.165) is 11.1 Å². The molecule has 1 aromatic rings. The van der Waals surface area contributed by atoms with Crippen molar-refractivity contribution in [2.24, 2.45) is 11.7 Å². The van der Waals surface area contributed by atoms with Crippen molar-refractivity contribution in [1.82, 2.24) is 5.32 Å². The molecule has 0 unspecified atom stereocenters. The Morgan fingerprint density at radius 1 is 1.33 bits per heavy atom. The van der Waals surface area contributed by atoms with Crippen molar-refractivity contribution < 1.29 is 14.7 Å². The highest BCUT2D eigenvalue weighted by Gasteiger charge is 2.23. The van der Waals surface area contributed by atoms with Gasteiger partial charge in [0, 0.05) is 6.42 Å². The van der Waals surface area contributed by atoms with Crippen LogP contribution in [-0.2, 0) is 16.0 Å². The highest BCUT2D eigenvalue weighted by molar-refractivity contribution is 5.88. The van der Waals surface area contributed by atoms with Gasteiger partial charge in [-0.1, -0.05) is 43.7 Å². The minimum absolute atomic E-state index is 0.189. The van der Waals surface area contributed by atoms with Crippen LogP contribution < -0.4 is 11.1 Å². The molecule has 0 radical (unpaired) electrons. The Balaban J connectivity index is 2.70. The number of carbonyl (C=O) groups excluding carboxylic acids is 2. The summed E-state index contributed by atoms with van der Waals surface area (Å²) in [5.41, 5.74) is 7.32. The van der Waals surface area contributed by atoms with Crippen molar-refractivity contribution in [2.45, 2.75) is 45.8 Å². The molecule has 0 aliphatic carbocycles. The Hall–Kier alpha value is -1.88. The predicted octanol–water partition coefficient (Wildman–Crippen LogP) is 0.915. The van der Waals surface area contributed by atoms with Crippen LogP contribution in [0.5, 0.6) is 0 Å². The zero-order valence-corrected chi connectivity index (χ0v) is 12.8. The van der Waals surface area contributed by atoms with Crippen LogP contribution in [0.3, 0.4) is 0 Å². The van der Waals surface area contributed by atoms with Crippen LogP contribution in [0, 0.1) is 12.8 Å². The average molecular weight is 292 g/mol. The molecular weight excluding hydrogens is 268 g/mol. The third-order valence-electron chi connectivity index (χ3n) is 3.18. The van der Waals surface area contributed by atoms with E-state index in [-0.39, 0.29) is 5.92 Å². The zero-order valence-electron chi connectivity index (χ0n) is 12.8. The van der Waals surface area contributed by atoms with Crippen LogP contribution in [0.4, 0.5) is 0 Å². The molecule has 0 heterocycles. The van der Waals surface area contributed by atoms with Gasteiger partial charge in [-0.2, -0.15) is 0 Å². The first-order valence-electron chi connectivity index (χ1n) is 7.13. The van der Waals surface area contributed by atoms with Crippen LogP contribution in [0.15, 0.2) is 24.3 Å². The number of aliphatic hydroxyl groups is 1. The summed E-state index contributed by atoms with van der Waals surface area (Å²) in [4.78, 5) is 23.4. The van der Waals surface area contributed by atoms with Crippen LogP contribution in [0.25, 0.3) is 0 Å². The van der Waals surface area contributed by atoms with Gasteiger partial charge in [0.15, 0.2) is 0 Å². The first kappa shape index (κ1) is 17.2. The van der Waals surface area contributed by atoms with Gasteiger partial charge >= 0.3 is 0 Å². The topological polar surface area (TPSA) is 92.4 Å². The smallest absolute Gasteiger partial charge is 0.249 e. The monoisotopic (exact) mass is 292 g/mol. The number of hydrogen-bond donors (Lipinski definition) is 3. The maximum atomic E-state index is 11.9. The molecule has 116 valence electrons. The quantitative estimate of drug-likeness (QED) is 0.697. The SMILES string of the molecule is Cc1cccc(C[C@@H](NC(=O)[C@H](O)CC(C)C)C(N)=O)c1. The van der Waals surface area contributed by atoms with Gasteiger partial charge in [0.2, 0.25) is 11.8 Å². The molecule has 0 spiro atoms. The van der Waals surface area contributed by atoms with E-state index >= 15 is 0 Å². The number of carbonyl (C=O) groups is 2. The normalized spacial score (nSPS) is 13.8. The van der Waals surface area contributed by atoms with Crippen molar-refractivity contribution >= 4 is 11.8 Å². The second-order valence-corrected chi connectivity index (χ2v) is 5.80. The minimum Gasteiger partial charge on any atom is -0.383 e. The lowest BCUT2D eigenvalue weighted by molar-refractivity contribution is -0.133. The number of primary amides is 1. The molecular formula is C16H24N2O3. The summed E-state index contributed by atoms with van der Waals surface area (Å²) in [6.07, 6.45) is -0.455. The molecule has 0 saturated heterocycles. The van der Waals surface area contributed by atoms with Crippen molar-refractivity contribution in [3.63, 3.8) is 0 Å². The van der Waals surface area contributed by atoms with Gasteiger partial charge in [0.25, 0.3) is 0 Å². The van der Waals surface area contributed by atoms with E-state index in [9.17, 15) is 14.7 Å². The van der Waals surface area contributed by atoms with Gasteiger partial charge in [0.05, 0.1) is 0 Å². The van der Waals surface area contributed by atoms with Gasteiger partial charge in [-0.15, -0.1) is 0 Å². The van der Waals surface area contributed by atoms with Crippen LogP contribution >= 0.6 is 0 Å². The fourth-order valence-electron chi connectivity index (χ4n) is 2.12. The minimum atomic E-state index is -1.12. The van der Waals surface area contributed by atoms with E-state index in [4.69, 9.17) is 5.73 Å². The van der Waals surface area contributed by atoms with Crippen LogP contribution in [-0.4, -0.2) is 29.1 Å². The van der Waals surface area contributed by atoms with Crippen molar-refractivity contribution in [2.75, 3.05) is 0 Å². The molecule has 5 nitrogen and oxygen atoms in total. The lowest BCUT2D eigenvalue weighted by Crippen LogP contribution is -2.49. The number of amides is 2. The maximum absolute atomic E-state index is 11.9. The van der Waals surface area contributed by atoms with Crippen LogP contribution in [0.2, 0.25) is 0 Å². The molecule has 0 saturated carbocycles. The van der Waals surface area contributed by atoms with E-state index in [0.29, 0.717) is 12.8 Å². The fourth-order valence-corrected chi connectivity index (χ4v) is 2.12. The van der Waals surface area contributed by atoms with Gasteiger partial charge < -0.3 is 16.2 Å². The van der Waals surface area contributed by atoms with E-state index in [2.05, 4.69) is 5.32 Å². The first-order chi connectivity index (χ1) is 9.79. The standard InChI is InChI=1S/C16H24N2O3/c1-10(2)7-14(19)16(21)18-13(15(17)20)9-12-6-4-5-11(3)8-12/h4-6,8,10,13-14,19H,7,9H2,1-3H3,(H2,17,20)(H,18,21)/t13-,14-/m1/s1. The lowest BCUT2D eigenvalue weighted by atomic mass is 10.0. The second-order valence-electron chi connectivity index (χ2n) is 5.80. The average Bonchev–Trinajstić information content (AvgIpc) is 2.36. The summed E-state index contributed by atoms with van der Waals surface area (Å²) in [5, 5.41) is 12.3. The third-order valence-corrected chi connectivity index (χ3v) is 3.18. The van der Waals surface area contributed by atoms with Crippen molar-refractivity contribution in [1.29, 1.82) is 0 Å². The molecule has 0 aliphatic rings. The first-order valence-corrected chi connectivity index (χ1v) is 7.13. The predicted molar refractivity (Wildman–Crippen MR) is 81.5 cm³/mol. The summed E-state index contributed by atoms with van der Waals surface area (Å²) in [6.45, 7) is 5.78. The van der Waals surface area contributed by atoms with E-state index in [1.165, 1.54) is 0 Å². The molecule has 0 aromatic heterocycles. The number of aryl methyl sites for hydroxylation is 1. The molecule has 0 fully saturated rings. The number of rotatable bonds is 7. The summed E-state index contributed by atoms with van der Waals surface area (Å²) >= 11 is 0. The van der Waals surface area contributed by atoms with Crippen molar-refractivity contribution in [3.05, 3.63) is 35.4 Å². The molecule has 1 aromatic carbocycles. The zero-order chi connectivity index (χ0) is 16.0. The van der Waals surface area contributed by atoms with E-state index < -0.39 is 24.0 Å². The Labute approximate surface area is 125 Å². The second kappa shape index (κ2) is 7.78. The summed E-state index contributed by atoms with van der Waals surface area (Å²) in [6, 6.07) is 6.83. The fraction of sp³-hybridized carbons (Fsp3) is 0.500. The van der Waals surface area contributed by atoms with E-state index in [1.807, 2.05) is 45.0 Å².